The maximum atomic E-state index is 10.2. The molecular weight excluding hydrogens is 231 g/mol. The van der Waals surface area contributed by atoms with E-state index < -0.39 is 10.5 Å². The SMILES string of the molecule is [CH2]C(O)(Cc1ccccc1Cl)C1(Cl)CC1. The van der Waals surface area contributed by atoms with Crippen molar-refractivity contribution in [2.24, 2.45) is 0 Å². The van der Waals surface area contributed by atoms with Crippen LogP contribution in [0.25, 0.3) is 0 Å². The van der Waals surface area contributed by atoms with Crippen molar-refractivity contribution in [3.8, 4) is 0 Å². The monoisotopic (exact) mass is 243 g/mol. The van der Waals surface area contributed by atoms with Gasteiger partial charge in [0.1, 0.15) is 0 Å². The quantitative estimate of drug-likeness (QED) is 0.809. The van der Waals surface area contributed by atoms with Gasteiger partial charge in [0.05, 0.1) is 10.5 Å². The number of aliphatic hydroxyl groups is 1. The number of benzene rings is 1. The lowest BCUT2D eigenvalue weighted by atomic mass is 9.91. The van der Waals surface area contributed by atoms with E-state index in [9.17, 15) is 5.11 Å². The average Bonchev–Trinajstić information content (AvgIpc) is 2.89. The molecule has 0 spiro atoms. The van der Waals surface area contributed by atoms with Gasteiger partial charge in [0.2, 0.25) is 0 Å². The molecule has 1 unspecified atom stereocenters. The molecule has 2 rings (SSSR count). The normalized spacial score (nSPS) is 22.1. The van der Waals surface area contributed by atoms with E-state index in [2.05, 4.69) is 6.92 Å². The van der Waals surface area contributed by atoms with Crippen LogP contribution in [-0.4, -0.2) is 15.6 Å². The van der Waals surface area contributed by atoms with E-state index in [4.69, 9.17) is 23.2 Å². The second-order valence-electron chi connectivity index (χ2n) is 4.27. The fourth-order valence-electron chi connectivity index (χ4n) is 1.69. The van der Waals surface area contributed by atoms with Crippen molar-refractivity contribution in [3.05, 3.63) is 41.8 Å². The van der Waals surface area contributed by atoms with Gasteiger partial charge in [0.15, 0.2) is 0 Å². The third-order valence-electron chi connectivity index (χ3n) is 2.96. The number of halogens is 2. The Morgan fingerprint density at radius 3 is 2.53 bits per heavy atom. The molecule has 0 heterocycles. The van der Waals surface area contributed by atoms with Crippen molar-refractivity contribution in [1.29, 1.82) is 0 Å². The van der Waals surface area contributed by atoms with E-state index in [0.29, 0.717) is 11.4 Å². The zero-order valence-corrected chi connectivity index (χ0v) is 9.85. The standard InChI is InChI=1S/C12H13Cl2O/c1-11(15,12(14)6-7-12)8-9-4-2-3-5-10(9)13/h2-5,15H,1,6-8H2. The molecule has 3 heteroatoms. The molecule has 0 saturated heterocycles. The Hall–Kier alpha value is -0.240. The van der Waals surface area contributed by atoms with Crippen molar-refractivity contribution in [2.75, 3.05) is 0 Å². The van der Waals surface area contributed by atoms with Gasteiger partial charge in [-0.25, -0.2) is 0 Å². The fraction of sp³-hybridized carbons (Fsp3) is 0.417. The predicted octanol–water partition coefficient (Wildman–Crippen LogP) is 3.22. The van der Waals surface area contributed by atoms with Gasteiger partial charge in [-0.15, -0.1) is 11.6 Å². The molecule has 1 atom stereocenters. The second kappa shape index (κ2) is 3.65. The van der Waals surface area contributed by atoms with Crippen molar-refractivity contribution in [2.45, 2.75) is 29.7 Å². The molecule has 0 bridgehead atoms. The molecule has 81 valence electrons. The van der Waals surface area contributed by atoms with E-state index >= 15 is 0 Å². The highest BCUT2D eigenvalue weighted by atomic mass is 35.5. The largest absolute Gasteiger partial charge is 0.388 e. The lowest BCUT2D eigenvalue weighted by molar-refractivity contribution is 0.0754. The first-order valence-electron chi connectivity index (χ1n) is 4.95. The van der Waals surface area contributed by atoms with E-state index in [0.717, 1.165) is 18.4 Å². The zero-order valence-electron chi connectivity index (χ0n) is 8.34. The fourth-order valence-corrected chi connectivity index (χ4v) is 2.05. The lowest BCUT2D eigenvalue weighted by Gasteiger charge is -2.28. The molecule has 1 aliphatic rings. The molecule has 0 aliphatic heterocycles. The highest BCUT2D eigenvalue weighted by Crippen LogP contribution is 2.52. The highest BCUT2D eigenvalue weighted by Gasteiger charge is 2.55. The average molecular weight is 244 g/mol. The minimum atomic E-state index is -1.13. The third kappa shape index (κ3) is 2.15. The highest BCUT2D eigenvalue weighted by molar-refractivity contribution is 6.31. The predicted molar refractivity (Wildman–Crippen MR) is 63.3 cm³/mol. The van der Waals surface area contributed by atoms with Gasteiger partial charge < -0.3 is 5.11 Å². The smallest absolute Gasteiger partial charge is 0.0880 e. The Bertz CT molecular complexity index is 370. The summed E-state index contributed by atoms with van der Waals surface area (Å²) in [5.74, 6) is 0. The second-order valence-corrected chi connectivity index (χ2v) is 5.40. The molecule has 0 amide bonds. The maximum absolute atomic E-state index is 10.2. The van der Waals surface area contributed by atoms with Crippen LogP contribution in [0.15, 0.2) is 24.3 Å². The van der Waals surface area contributed by atoms with Crippen LogP contribution in [0.2, 0.25) is 5.02 Å². The maximum Gasteiger partial charge on any atom is 0.0880 e. The molecule has 0 aromatic heterocycles. The zero-order chi connectivity index (χ0) is 11.1. The van der Waals surface area contributed by atoms with Crippen LogP contribution in [-0.2, 0) is 6.42 Å². The van der Waals surface area contributed by atoms with Crippen LogP contribution in [0.3, 0.4) is 0 Å². The van der Waals surface area contributed by atoms with E-state index in [1.54, 1.807) is 6.07 Å². The number of hydrogen-bond acceptors (Lipinski definition) is 1. The Balaban J connectivity index is 2.18. The van der Waals surface area contributed by atoms with E-state index in [1.165, 1.54) is 0 Å². The first-order chi connectivity index (χ1) is 6.95. The molecule has 1 aromatic carbocycles. The molecular formula is C12H13Cl2O. The molecule has 1 aliphatic carbocycles. The van der Waals surface area contributed by atoms with Gasteiger partial charge in [-0.1, -0.05) is 29.8 Å². The van der Waals surface area contributed by atoms with Crippen molar-refractivity contribution >= 4 is 23.2 Å². The van der Waals surface area contributed by atoms with Gasteiger partial charge in [0, 0.05) is 11.4 Å². The van der Waals surface area contributed by atoms with Crippen molar-refractivity contribution in [1.82, 2.24) is 0 Å². The summed E-state index contributed by atoms with van der Waals surface area (Å²) >= 11 is 12.2. The minimum absolute atomic E-state index is 0.399. The van der Waals surface area contributed by atoms with Crippen LogP contribution in [0.1, 0.15) is 18.4 Å². The summed E-state index contributed by atoms with van der Waals surface area (Å²) in [6.07, 6.45) is 2.04. The first kappa shape index (κ1) is 11.3. The van der Waals surface area contributed by atoms with E-state index in [-0.39, 0.29) is 0 Å². The molecule has 1 aromatic rings. The first-order valence-corrected chi connectivity index (χ1v) is 5.70. The summed E-state index contributed by atoms with van der Waals surface area (Å²) in [4.78, 5) is -0.549. The molecule has 1 fully saturated rings. The van der Waals surface area contributed by atoms with Crippen LogP contribution < -0.4 is 0 Å². The minimum Gasteiger partial charge on any atom is -0.388 e. The molecule has 1 radical (unpaired) electrons. The summed E-state index contributed by atoms with van der Waals surface area (Å²) in [7, 11) is 0. The summed E-state index contributed by atoms with van der Waals surface area (Å²) in [6, 6.07) is 7.45. The lowest BCUT2D eigenvalue weighted by Crippen LogP contribution is -2.40. The van der Waals surface area contributed by atoms with E-state index in [1.807, 2.05) is 18.2 Å². The Kier molecular flexibility index (Phi) is 2.74. The third-order valence-corrected chi connectivity index (χ3v) is 4.06. The summed E-state index contributed by atoms with van der Waals surface area (Å²) in [5.41, 5.74) is -0.233. The van der Waals surface area contributed by atoms with Gasteiger partial charge in [-0.3, -0.25) is 0 Å². The molecule has 1 saturated carbocycles. The van der Waals surface area contributed by atoms with Crippen molar-refractivity contribution in [3.63, 3.8) is 0 Å². The number of rotatable bonds is 3. The Labute approximate surface area is 100 Å². The van der Waals surface area contributed by atoms with Gasteiger partial charge in [-0.2, -0.15) is 0 Å². The number of alkyl halides is 1. The van der Waals surface area contributed by atoms with Gasteiger partial charge >= 0.3 is 0 Å². The summed E-state index contributed by atoms with van der Waals surface area (Å²) in [5, 5.41) is 10.8. The van der Waals surface area contributed by atoms with Crippen LogP contribution in [0, 0.1) is 6.92 Å². The van der Waals surface area contributed by atoms with Gasteiger partial charge in [-0.05, 0) is 31.4 Å². The number of hydrogen-bond donors (Lipinski definition) is 1. The summed E-state index contributed by atoms with van der Waals surface area (Å²) < 4.78 is 0. The van der Waals surface area contributed by atoms with Crippen LogP contribution in [0.5, 0.6) is 0 Å². The molecule has 1 nitrogen and oxygen atoms in total. The topological polar surface area (TPSA) is 20.2 Å². The molecule has 1 N–H and O–H groups in total. The van der Waals surface area contributed by atoms with Crippen molar-refractivity contribution < 1.29 is 5.11 Å². The van der Waals surface area contributed by atoms with Crippen LogP contribution >= 0.6 is 23.2 Å². The van der Waals surface area contributed by atoms with Gasteiger partial charge in [0.25, 0.3) is 0 Å². The van der Waals surface area contributed by atoms with Crippen LogP contribution in [0.4, 0.5) is 0 Å². The Morgan fingerprint density at radius 1 is 1.40 bits per heavy atom. The Morgan fingerprint density at radius 2 is 2.00 bits per heavy atom. The molecule has 15 heavy (non-hydrogen) atoms. The summed E-state index contributed by atoms with van der Waals surface area (Å²) in [6.45, 7) is 3.81.